The SMILES string of the molecule is C#CC(CC)(CC)NC(=S)Nc1ccccc1OC. The van der Waals surface area contributed by atoms with E-state index in [1.807, 2.05) is 38.1 Å². The molecule has 2 N–H and O–H groups in total. The highest BCUT2D eigenvalue weighted by molar-refractivity contribution is 7.80. The molecule has 1 rings (SSSR count). The molecule has 1 aromatic rings. The van der Waals surface area contributed by atoms with Gasteiger partial charge in [0.2, 0.25) is 0 Å². The maximum absolute atomic E-state index is 5.60. The second-order valence-electron chi connectivity index (χ2n) is 4.21. The topological polar surface area (TPSA) is 33.3 Å². The van der Waals surface area contributed by atoms with E-state index in [9.17, 15) is 0 Å². The molecule has 4 heteroatoms. The normalized spacial score (nSPS) is 10.4. The molecule has 0 aliphatic carbocycles. The van der Waals surface area contributed by atoms with Gasteiger partial charge in [-0.05, 0) is 37.2 Å². The van der Waals surface area contributed by atoms with Gasteiger partial charge < -0.3 is 15.4 Å². The molecule has 0 bridgehead atoms. The lowest BCUT2D eigenvalue weighted by Crippen LogP contribution is -2.48. The smallest absolute Gasteiger partial charge is 0.172 e. The number of ether oxygens (including phenoxy) is 1. The van der Waals surface area contributed by atoms with Gasteiger partial charge in [0.1, 0.15) is 5.75 Å². The zero-order chi connectivity index (χ0) is 14.3. The van der Waals surface area contributed by atoms with Gasteiger partial charge in [0, 0.05) is 0 Å². The van der Waals surface area contributed by atoms with Crippen LogP contribution < -0.4 is 15.4 Å². The molecular formula is C15H20N2OS. The molecule has 0 aromatic heterocycles. The first-order valence-electron chi connectivity index (χ1n) is 6.30. The van der Waals surface area contributed by atoms with Gasteiger partial charge in [-0.3, -0.25) is 0 Å². The third kappa shape index (κ3) is 3.87. The lowest BCUT2D eigenvalue weighted by molar-refractivity contribution is 0.416. The van der Waals surface area contributed by atoms with Crippen molar-refractivity contribution in [2.24, 2.45) is 0 Å². The van der Waals surface area contributed by atoms with E-state index in [4.69, 9.17) is 23.4 Å². The van der Waals surface area contributed by atoms with Gasteiger partial charge in [-0.1, -0.05) is 31.9 Å². The first kappa shape index (κ1) is 15.3. The Kier molecular flexibility index (Phi) is 5.65. The van der Waals surface area contributed by atoms with Gasteiger partial charge in [-0.2, -0.15) is 0 Å². The van der Waals surface area contributed by atoms with Crippen LogP contribution in [0, 0.1) is 12.3 Å². The molecule has 0 fully saturated rings. The van der Waals surface area contributed by atoms with E-state index in [1.54, 1.807) is 7.11 Å². The summed E-state index contributed by atoms with van der Waals surface area (Å²) < 4.78 is 5.27. The number of rotatable bonds is 5. The molecule has 0 heterocycles. The molecule has 1 aromatic carbocycles. The lowest BCUT2D eigenvalue weighted by Gasteiger charge is -2.28. The number of para-hydroxylation sites is 2. The van der Waals surface area contributed by atoms with E-state index >= 15 is 0 Å². The summed E-state index contributed by atoms with van der Waals surface area (Å²) in [5, 5.41) is 6.83. The maximum Gasteiger partial charge on any atom is 0.172 e. The Morgan fingerprint density at radius 2 is 2.00 bits per heavy atom. The number of hydrogen-bond donors (Lipinski definition) is 2. The van der Waals surface area contributed by atoms with E-state index in [-0.39, 0.29) is 0 Å². The van der Waals surface area contributed by atoms with Crippen molar-refractivity contribution in [3.63, 3.8) is 0 Å². The highest BCUT2D eigenvalue weighted by Crippen LogP contribution is 2.23. The molecule has 102 valence electrons. The average molecular weight is 276 g/mol. The second-order valence-corrected chi connectivity index (χ2v) is 4.62. The van der Waals surface area contributed by atoms with Gasteiger partial charge in [0.25, 0.3) is 0 Å². The Bertz CT molecular complexity index is 475. The first-order valence-corrected chi connectivity index (χ1v) is 6.71. The van der Waals surface area contributed by atoms with Crippen LogP contribution in [0.15, 0.2) is 24.3 Å². The standard InChI is InChI=1S/C15H20N2OS/c1-5-15(6-2,7-3)17-14(19)16-12-10-8-9-11-13(12)18-4/h1,8-11H,6-7H2,2-4H3,(H2,16,17,19). The van der Waals surface area contributed by atoms with E-state index < -0.39 is 5.54 Å². The number of benzene rings is 1. The number of thiocarbonyl (C=S) groups is 1. The van der Waals surface area contributed by atoms with Crippen LogP contribution in [0.1, 0.15) is 26.7 Å². The summed E-state index contributed by atoms with van der Waals surface area (Å²) in [6, 6.07) is 7.60. The highest BCUT2D eigenvalue weighted by Gasteiger charge is 2.23. The van der Waals surface area contributed by atoms with Gasteiger partial charge in [-0.25, -0.2) is 0 Å². The summed E-state index contributed by atoms with van der Waals surface area (Å²) in [7, 11) is 1.63. The van der Waals surface area contributed by atoms with Crippen molar-refractivity contribution in [2.45, 2.75) is 32.2 Å². The van der Waals surface area contributed by atoms with Crippen LogP contribution in [-0.2, 0) is 0 Å². The van der Waals surface area contributed by atoms with Gasteiger partial charge in [-0.15, -0.1) is 6.42 Å². The Morgan fingerprint density at radius 1 is 1.37 bits per heavy atom. The van der Waals surface area contributed by atoms with E-state index in [1.165, 1.54) is 0 Å². The minimum absolute atomic E-state index is 0.397. The predicted molar refractivity (Wildman–Crippen MR) is 84.5 cm³/mol. The fourth-order valence-electron chi connectivity index (χ4n) is 1.79. The Hall–Kier alpha value is -1.73. The quantitative estimate of drug-likeness (QED) is 0.639. The maximum atomic E-state index is 5.60. The molecule has 0 saturated heterocycles. The summed E-state index contributed by atoms with van der Waals surface area (Å²) in [5.74, 6) is 3.53. The zero-order valence-electron chi connectivity index (χ0n) is 11.6. The monoisotopic (exact) mass is 276 g/mol. The summed E-state index contributed by atoms with van der Waals surface area (Å²) in [6.45, 7) is 4.09. The molecular weight excluding hydrogens is 256 g/mol. The molecule has 0 amide bonds. The first-order chi connectivity index (χ1) is 9.10. The molecule has 0 unspecified atom stereocenters. The molecule has 0 atom stereocenters. The molecule has 0 spiro atoms. The van der Waals surface area contributed by atoms with Crippen molar-refractivity contribution in [1.82, 2.24) is 5.32 Å². The number of nitrogens with one attached hydrogen (secondary N) is 2. The minimum Gasteiger partial charge on any atom is -0.495 e. The van der Waals surface area contributed by atoms with Gasteiger partial charge in [0.05, 0.1) is 18.3 Å². The van der Waals surface area contributed by atoms with E-state index in [0.29, 0.717) is 5.11 Å². The fourth-order valence-corrected chi connectivity index (χ4v) is 2.09. The zero-order valence-corrected chi connectivity index (χ0v) is 12.4. The summed E-state index contributed by atoms with van der Waals surface area (Å²) >= 11 is 5.32. The predicted octanol–water partition coefficient (Wildman–Crippen LogP) is 3.17. The van der Waals surface area contributed by atoms with Crippen molar-refractivity contribution >= 4 is 23.0 Å². The van der Waals surface area contributed by atoms with Crippen LogP contribution in [0.2, 0.25) is 0 Å². The van der Waals surface area contributed by atoms with Crippen LogP contribution in [-0.4, -0.2) is 17.8 Å². The van der Waals surface area contributed by atoms with E-state index in [0.717, 1.165) is 24.3 Å². The van der Waals surface area contributed by atoms with Crippen molar-refractivity contribution < 1.29 is 4.74 Å². The molecule has 0 radical (unpaired) electrons. The second kappa shape index (κ2) is 7.01. The van der Waals surface area contributed by atoms with Crippen LogP contribution in [0.3, 0.4) is 0 Å². The van der Waals surface area contributed by atoms with Crippen LogP contribution in [0.5, 0.6) is 5.75 Å². The number of hydrogen-bond acceptors (Lipinski definition) is 2. The van der Waals surface area contributed by atoms with E-state index in [2.05, 4.69) is 16.6 Å². The van der Waals surface area contributed by atoms with Crippen molar-refractivity contribution in [1.29, 1.82) is 0 Å². The van der Waals surface area contributed by atoms with Crippen molar-refractivity contribution in [2.75, 3.05) is 12.4 Å². The van der Waals surface area contributed by atoms with Crippen LogP contribution in [0.4, 0.5) is 5.69 Å². The van der Waals surface area contributed by atoms with Crippen LogP contribution in [0.25, 0.3) is 0 Å². The van der Waals surface area contributed by atoms with Gasteiger partial charge in [0.15, 0.2) is 5.11 Å². The lowest BCUT2D eigenvalue weighted by atomic mass is 9.94. The largest absolute Gasteiger partial charge is 0.495 e. The summed E-state index contributed by atoms with van der Waals surface area (Å²) in [5.41, 5.74) is 0.423. The van der Waals surface area contributed by atoms with Gasteiger partial charge >= 0.3 is 0 Å². The third-order valence-electron chi connectivity index (χ3n) is 3.19. The molecule has 0 saturated carbocycles. The Morgan fingerprint density at radius 3 is 2.53 bits per heavy atom. The molecule has 0 aliphatic rings. The molecule has 3 nitrogen and oxygen atoms in total. The summed E-state index contributed by atoms with van der Waals surface area (Å²) in [6.07, 6.45) is 7.23. The number of methoxy groups -OCH3 is 1. The van der Waals surface area contributed by atoms with Crippen molar-refractivity contribution in [3.8, 4) is 18.1 Å². The Balaban J connectivity index is 2.78. The fraction of sp³-hybridized carbons (Fsp3) is 0.400. The molecule has 0 aliphatic heterocycles. The highest BCUT2D eigenvalue weighted by atomic mass is 32.1. The number of terminal acetylenes is 1. The average Bonchev–Trinajstić information content (AvgIpc) is 2.45. The number of anilines is 1. The minimum atomic E-state index is -0.397. The Labute approximate surface area is 120 Å². The molecule has 19 heavy (non-hydrogen) atoms. The summed E-state index contributed by atoms with van der Waals surface area (Å²) in [4.78, 5) is 0. The van der Waals surface area contributed by atoms with Crippen molar-refractivity contribution in [3.05, 3.63) is 24.3 Å². The van der Waals surface area contributed by atoms with Crippen LogP contribution >= 0.6 is 12.2 Å². The third-order valence-corrected chi connectivity index (χ3v) is 3.40.